The van der Waals surface area contributed by atoms with E-state index in [1.165, 1.54) is 0 Å². The van der Waals surface area contributed by atoms with Gasteiger partial charge in [0, 0.05) is 44.5 Å². The first-order chi connectivity index (χ1) is 9.24. The molecular formula is C14H18N4O. The minimum absolute atomic E-state index is 0.0393. The van der Waals surface area contributed by atoms with Gasteiger partial charge in [-0.15, -0.1) is 6.42 Å². The predicted octanol–water partition coefficient (Wildman–Crippen LogP) is -0.0687. The lowest BCUT2D eigenvalue weighted by atomic mass is 10.2. The van der Waals surface area contributed by atoms with Crippen LogP contribution in [-0.4, -0.2) is 53.4 Å². The molecule has 1 amide bonds. The maximum Gasteiger partial charge on any atom is 0.254 e. The Kier molecular flexibility index (Phi) is 4.50. The van der Waals surface area contributed by atoms with Gasteiger partial charge in [-0.1, -0.05) is 5.92 Å². The summed E-state index contributed by atoms with van der Waals surface area (Å²) in [5.74, 6) is 2.67. The largest absolute Gasteiger partial charge is 0.336 e. The van der Waals surface area contributed by atoms with Crippen molar-refractivity contribution in [3.8, 4) is 12.3 Å². The minimum atomic E-state index is 0.0393. The smallest absolute Gasteiger partial charge is 0.254 e. The van der Waals surface area contributed by atoms with Gasteiger partial charge in [-0.25, -0.2) is 0 Å². The fourth-order valence-corrected chi connectivity index (χ4v) is 2.14. The molecule has 0 bridgehead atoms. The van der Waals surface area contributed by atoms with Crippen LogP contribution in [0.5, 0.6) is 0 Å². The lowest BCUT2D eigenvalue weighted by Crippen LogP contribution is -2.48. The van der Waals surface area contributed by atoms with Gasteiger partial charge >= 0.3 is 0 Å². The molecule has 1 aromatic heterocycles. The molecule has 1 aliphatic rings. The Morgan fingerprint density at radius 2 is 2.16 bits per heavy atom. The van der Waals surface area contributed by atoms with E-state index in [9.17, 15) is 4.79 Å². The second-order valence-electron chi connectivity index (χ2n) is 4.51. The molecule has 100 valence electrons. The van der Waals surface area contributed by atoms with E-state index in [1.54, 1.807) is 18.3 Å². The fraction of sp³-hybridized carbons (Fsp3) is 0.429. The Bertz CT molecular complexity index is 486. The molecule has 1 aromatic rings. The first-order valence-corrected chi connectivity index (χ1v) is 6.34. The van der Waals surface area contributed by atoms with Crippen LogP contribution in [0.4, 0.5) is 0 Å². The van der Waals surface area contributed by atoms with Crippen molar-refractivity contribution in [1.29, 1.82) is 0 Å². The van der Waals surface area contributed by atoms with Crippen molar-refractivity contribution in [2.75, 3.05) is 32.7 Å². The molecular weight excluding hydrogens is 240 g/mol. The number of amides is 1. The molecule has 5 nitrogen and oxygen atoms in total. The third-order valence-corrected chi connectivity index (χ3v) is 3.25. The topological polar surface area (TPSA) is 62.5 Å². The van der Waals surface area contributed by atoms with Gasteiger partial charge in [0.05, 0.1) is 12.2 Å². The summed E-state index contributed by atoms with van der Waals surface area (Å²) in [6, 6.07) is 3.49. The average molecular weight is 258 g/mol. The van der Waals surface area contributed by atoms with Crippen LogP contribution >= 0.6 is 0 Å². The summed E-state index contributed by atoms with van der Waals surface area (Å²) in [7, 11) is 0. The molecule has 2 N–H and O–H groups in total. The molecule has 1 aliphatic heterocycles. The maximum atomic E-state index is 12.3. The third-order valence-electron chi connectivity index (χ3n) is 3.25. The zero-order valence-electron chi connectivity index (χ0n) is 10.9. The van der Waals surface area contributed by atoms with Gasteiger partial charge in [-0.2, -0.15) is 0 Å². The fourth-order valence-electron chi connectivity index (χ4n) is 2.14. The second kappa shape index (κ2) is 6.32. The number of hydrogen-bond donors (Lipinski definition) is 1. The van der Waals surface area contributed by atoms with Crippen LogP contribution < -0.4 is 5.73 Å². The zero-order chi connectivity index (χ0) is 13.7. The molecule has 0 saturated carbocycles. The van der Waals surface area contributed by atoms with Crippen molar-refractivity contribution >= 4 is 5.91 Å². The van der Waals surface area contributed by atoms with Gasteiger partial charge in [0.15, 0.2) is 0 Å². The minimum Gasteiger partial charge on any atom is -0.336 e. The summed E-state index contributed by atoms with van der Waals surface area (Å²) in [5, 5.41) is 0. The maximum absolute atomic E-state index is 12.3. The Balaban J connectivity index is 1.99. The summed E-state index contributed by atoms with van der Waals surface area (Å²) in [6.45, 7) is 4.06. The van der Waals surface area contributed by atoms with Crippen molar-refractivity contribution in [3.05, 3.63) is 29.6 Å². The lowest BCUT2D eigenvalue weighted by molar-refractivity contribution is 0.0652. The molecule has 1 fully saturated rings. The molecule has 0 aliphatic carbocycles. The Morgan fingerprint density at radius 3 is 2.79 bits per heavy atom. The first-order valence-electron chi connectivity index (χ1n) is 6.34. The van der Waals surface area contributed by atoms with Gasteiger partial charge in [-0.3, -0.25) is 14.7 Å². The average Bonchev–Trinajstić information content (AvgIpc) is 2.48. The third kappa shape index (κ3) is 3.31. The number of carbonyl (C=O) groups excluding carboxylic acids is 1. The number of pyridine rings is 1. The number of nitrogens with two attached hydrogens (primary N) is 1. The van der Waals surface area contributed by atoms with Crippen molar-refractivity contribution in [2.45, 2.75) is 6.54 Å². The van der Waals surface area contributed by atoms with Gasteiger partial charge in [0.25, 0.3) is 5.91 Å². The number of terminal acetylenes is 1. The number of carbonyl (C=O) groups is 1. The highest BCUT2D eigenvalue weighted by molar-refractivity contribution is 5.94. The standard InChI is InChI=1S/C14H18N4O/c1-2-5-17-6-8-18(9-7-17)14(19)12-3-4-16-13(10-12)11-15/h1,3-4,10H,5-9,11,15H2. The van der Waals surface area contributed by atoms with E-state index >= 15 is 0 Å². The Labute approximate surface area is 113 Å². The molecule has 0 aromatic carbocycles. The van der Waals surface area contributed by atoms with E-state index < -0.39 is 0 Å². The molecule has 0 radical (unpaired) electrons. The molecule has 1 saturated heterocycles. The Morgan fingerprint density at radius 1 is 1.42 bits per heavy atom. The van der Waals surface area contributed by atoms with E-state index in [-0.39, 0.29) is 5.91 Å². The van der Waals surface area contributed by atoms with E-state index in [0.29, 0.717) is 31.7 Å². The van der Waals surface area contributed by atoms with Gasteiger partial charge in [-0.05, 0) is 12.1 Å². The van der Waals surface area contributed by atoms with Crippen LogP contribution in [0.1, 0.15) is 16.1 Å². The van der Waals surface area contributed by atoms with Crippen molar-refractivity contribution in [3.63, 3.8) is 0 Å². The number of rotatable bonds is 3. The molecule has 5 heteroatoms. The van der Waals surface area contributed by atoms with Crippen LogP contribution in [-0.2, 0) is 6.54 Å². The van der Waals surface area contributed by atoms with Gasteiger partial charge in [0.2, 0.25) is 0 Å². The Hall–Kier alpha value is -1.90. The number of nitrogens with zero attached hydrogens (tertiary/aromatic N) is 3. The number of piperazine rings is 1. The highest BCUT2D eigenvalue weighted by Gasteiger charge is 2.21. The van der Waals surface area contributed by atoms with E-state index in [1.807, 2.05) is 4.90 Å². The monoisotopic (exact) mass is 258 g/mol. The normalized spacial score (nSPS) is 16.1. The SMILES string of the molecule is C#CCN1CCN(C(=O)c2ccnc(CN)c2)CC1. The summed E-state index contributed by atoms with van der Waals surface area (Å²) >= 11 is 0. The van der Waals surface area contributed by atoms with Crippen LogP contribution in [0, 0.1) is 12.3 Å². The van der Waals surface area contributed by atoms with Crippen LogP contribution in [0.25, 0.3) is 0 Å². The van der Waals surface area contributed by atoms with Crippen LogP contribution in [0.15, 0.2) is 18.3 Å². The quantitative estimate of drug-likeness (QED) is 0.771. The lowest BCUT2D eigenvalue weighted by Gasteiger charge is -2.33. The summed E-state index contributed by atoms with van der Waals surface area (Å²) in [4.78, 5) is 20.4. The second-order valence-corrected chi connectivity index (χ2v) is 4.51. The summed E-state index contributed by atoms with van der Waals surface area (Å²) < 4.78 is 0. The molecule has 0 spiro atoms. The summed E-state index contributed by atoms with van der Waals surface area (Å²) in [6.07, 6.45) is 6.91. The molecule has 2 heterocycles. The predicted molar refractivity (Wildman–Crippen MR) is 73.3 cm³/mol. The number of aromatic nitrogens is 1. The summed E-state index contributed by atoms with van der Waals surface area (Å²) in [5.41, 5.74) is 6.92. The first kappa shape index (κ1) is 13.5. The highest BCUT2D eigenvalue weighted by Crippen LogP contribution is 2.09. The van der Waals surface area contributed by atoms with E-state index in [2.05, 4.69) is 15.8 Å². The van der Waals surface area contributed by atoms with Crippen LogP contribution in [0.2, 0.25) is 0 Å². The van der Waals surface area contributed by atoms with E-state index in [4.69, 9.17) is 12.2 Å². The van der Waals surface area contributed by atoms with Gasteiger partial charge in [0.1, 0.15) is 0 Å². The van der Waals surface area contributed by atoms with Crippen LogP contribution in [0.3, 0.4) is 0 Å². The van der Waals surface area contributed by atoms with Crippen molar-refractivity contribution < 1.29 is 4.79 Å². The molecule has 19 heavy (non-hydrogen) atoms. The van der Waals surface area contributed by atoms with Crippen molar-refractivity contribution in [2.24, 2.45) is 5.73 Å². The van der Waals surface area contributed by atoms with E-state index in [0.717, 1.165) is 18.8 Å². The van der Waals surface area contributed by atoms with Gasteiger partial charge < -0.3 is 10.6 Å². The molecule has 0 atom stereocenters. The molecule has 2 rings (SSSR count). The molecule has 0 unspecified atom stereocenters. The zero-order valence-corrected chi connectivity index (χ0v) is 10.9. The number of hydrogen-bond acceptors (Lipinski definition) is 4. The van der Waals surface area contributed by atoms with Crippen molar-refractivity contribution in [1.82, 2.24) is 14.8 Å². The highest BCUT2D eigenvalue weighted by atomic mass is 16.2.